The van der Waals surface area contributed by atoms with Gasteiger partial charge in [-0.2, -0.15) is 8.78 Å². The van der Waals surface area contributed by atoms with Crippen LogP contribution >= 0.6 is 23.4 Å². The Bertz CT molecular complexity index is 743. The highest BCUT2D eigenvalue weighted by atomic mass is 35.5. The fourth-order valence-electron chi connectivity index (χ4n) is 2.06. The van der Waals surface area contributed by atoms with Crippen LogP contribution in [0.4, 0.5) is 8.78 Å². The van der Waals surface area contributed by atoms with E-state index in [-0.39, 0.29) is 5.02 Å². The zero-order valence-electron chi connectivity index (χ0n) is 14.2. The zero-order valence-corrected chi connectivity index (χ0v) is 15.8. The van der Waals surface area contributed by atoms with Crippen LogP contribution in [0.15, 0.2) is 53.4 Å². The second-order valence-electron chi connectivity index (χ2n) is 6.49. The van der Waals surface area contributed by atoms with Gasteiger partial charge in [-0.15, -0.1) is 11.8 Å². The molecule has 2 aromatic rings. The Morgan fingerprint density at radius 1 is 1.12 bits per heavy atom. The van der Waals surface area contributed by atoms with Crippen molar-refractivity contribution in [3.05, 3.63) is 64.7 Å². The Balaban J connectivity index is 2.29. The number of halogens is 3. The third kappa shape index (κ3) is 5.44. The zero-order chi connectivity index (χ0) is 18.7. The number of carbonyl (C=O) groups is 1. The van der Waals surface area contributed by atoms with Crippen molar-refractivity contribution in [2.45, 2.75) is 42.9 Å². The molecular formula is C19H19ClF2O2S. The number of hydrogen-bond donors (Lipinski definition) is 0. The maximum Gasteiger partial charge on any atom is 0.382 e. The van der Waals surface area contributed by atoms with Gasteiger partial charge >= 0.3 is 11.9 Å². The van der Waals surface area contributed by atoms with Crippen LogP contribution in [0.1, 0.15) is 31.9 Å². The van der Waals surface area contributed by atoms with Gasteiger partial charge in [-0.05, 0) is 44.5 Å². The van der Waals surface area contributed by atoms with Crippen molar-refractivity contribution in [1.29, 1.82) is 0 Å². The maximum absolute atomic E-state index is 14.7. The molecule has 0 aliphatic carbocycles. The number of benzene rings is 2. The number of carbonyl (C=O) groups excluding carboxylic acids is 1. The molecule has 6 heteroatoms. The van der Waals surface area contributed by atoms with Crippen LogP contribution in [-0.4, -0.2) is 11.6 Å². The van der Waals surface area contributed by atoms with Gasteiger partial charge in [0.1, 0.15) is 5.60 Å². The van der Waals surface area contributed by atoms with Gasteiger partial charge in [-0.25, -0.2) is 4.79 Å². The van der Waals surface area contributed by atoms with E-state index in [1.165, 1.54) is 23.9 Å². The predicted molar refractivity (Wildman–Crippen MR) is 97.2 cm³/mol. The van der Waals surface area contributed by atoms with Gasteiger partial charge in [-0.1, -0.05) is 41.9 Å². The van der Waals surface area contributed by atoms with Crippen molar-refractivity contribution in [3.63, 3.8) is 0 Å². The van der Waals surface area contributed by atoms with Crippen molar-refractivity contribution in [1.82, 2.24) is 0 Å². The largest absolute Gasteiger partial charge is 0.455 e. The molecule has 2 aromatic carbocycles. The lowest BCUT2D eigenvalue weighted by Gasteiger charge is -2.25. The summed E-state index contributed by atoms with van der Waals surface area (Å²) in [6.07, 6.45) is 0. The van der Waals surface area contributed by atoms with E-state index in [4.69, 9.17) is 16.3 Å². The molecule has 0 aliphatic rings. The fourth-order valence-corrected chi connectivity index (χ4v) is 3.25. The van der Waals surface area contributed by atoms with E-state index in [0.29, 0.717) is 10.6 Å². The minimum atomic E-state index is -3.78. The van der Waals surface area contributed by atoms with E-state index in [2.05, 4.69) is 0 Å². The third-order valence-corrected chi connectivity index (χ3v) is 4.55. The van der Waals surface area contributed by atoms with E-state index >= 15 is 0 Å². The lowest BCUT2D eigenvalue weighted by atomic mass is 10.1. The summed E-state index contributed by atoms with van der Waals surface area (Å²) >= 11 is 7.11. The summed E-state index contributed by atoms with van der Waals surface area (Å²) in [4.78, 5) is 12.3. The van der Waals surface area contributed by atoms with E-state index in [0.717, 1.165) is 11.6 Å². The van der Waals surface area contributed by atoms with Gasteiger partial charge in [0.25, 0.3) is 0 Å². The van der Waals surface area contributed by atoms with Crippen LogP contribution in [0.2, 0.25) is 5.02 Å². The van der Waals surface area contributed by atoms with Gasteiger partial charge in [0, 0.05) is 21.2 Å². The SMILES string of the molecule is CC(C)(C)OC(=O)C(F)(F)c1cc(Cl)ccc1SCc1ccccc1. The second-order valence-corrected chi connectivity index (χ2v) is 7.94. The molecule has 0 aliphatic heterocycles. The minimum Gasteiger partial charge on any atom is -0.455 e. The number of alkyl halides is 2. The lowest BCUT2D eigenvalue weighted by Crippen LogP contribution is -2.35. The Morgan fingerprint density at radius 2 is 1.76 bits per heavy atom. The molecule has 0 saturated heterocycles. The first-order valence-corrected chi connectivity index (χ1v) is 9.04. The molecule has 0 saturated carbocycles. The smallest absolute Gasteiger partial charge is 0.382 e. The monoisotopic (exact) mass is 384 g/mol. The van der Waals surface area contributed by atoms with Crippen molar-refractivity contribution in [2.75, 3.05) is 0 Å². The molecule has 2 nitrogen and oxygen atoms in total. The highest BCUT2D eigenvalue weighted by Crippen LogP contribution is 2.39. The van der Waals surface area contributed by atoms with Gasteiger partial charge in [0.05, 0.1) is 0 Å². The first-order valence-electron chi connectivity index (χ1n) is 7.67. The van der Waals surface area contributed by atoms with E-state index in [1.807, 2.05) is 30.3 Å². The summed E-state index contributed by atoms with van der Waals surface area (Å²) in [6, 6.07) is 13.6. The first-order chi connectivity index (χ1) is 11.6. The van der Waals surface area contributed by atoms with Crippen LogP contribution in [0.25, 0.3) is 0 Å². The molecule has 0 amide bonds. The number of ether oxygens (including phenoxy) is 1. The summed E-state index contributed by atoms with van der Waals surface area (Å²) < 4.78 is 34.3. The highest BCUT2D eigenvalue weighted by molar-refractivity contribution is 7.98. The standard InChI is InChI=1S/C19H19ClF2O2S/c1-18(2,3)24-17(23)19(21,22)15-11-14(20)9-10-16(15)25-12-13-7-5-4-6-8-13/h4-11H,12H2,1-3H3. The van der Waals surface area contributed by atoms with Crippen LogP contribution in [-0.2, 0) is 21.2 Å². The molecule has 25 heavy (non-hydrogen) atoms. The average molecular weight is 385 g/mol. The van der Waals surface area contributed by atoms with E-state index < -0.39 is 23.1 Å². The van der Waals surface area contributed by atoms with Crippen molar-refractivity contribution in [2.24, 2.45) is 0 Å². The van der Waals surface area contributed by atoms with E-state index in [9.17, 15) is 13.6 Å². The number of esters is 1. The van der Waals surface area contributed by atoms with Crippen LogP contribution in [0.5, 0.6) is 0 Å². The lowest BCUT2D eigenvalue weighted by molar-refractivity contribution is -0.185. The maximum atomic E-state index is 14.7. The molecule has 2 rings (SSSR count). The van der Waals surface area contributed by atoms with Gasteiger partial charge in [0.2, 0.25) is 0 Å². The van der Waals surface area contributed by atoms with Gasteiger partial charge in [0.15, 0.2) is 0 Å². The minimum absolute atomic E-state index is 0.141. The first kappa shape index (κ1) is 19.7. The second kappa shape index (κ2) is 7.75. The Labute approximate surface area is 155 Å². The summed E-state index contributed by atoms with van der Waals surface area (Å²) in [5.41, 5.74) is -0.444. The van der Waals surface area contributed by atoms with Crippen LogP contribution in [0.3, 0.4) is 0 Å². The topological polar surface area (TPSA) is 26.3 Å². The van der Waals surface area contributed by atoms with Crippen molar-refractivity contribution < 1.29 is 18.3 Å². The summed E-state index contributed by atoms with van der Waals surface area (Å²) in [7, 11) is 0. The third-order valence-electron chi connectivity index (χ3n) is 3.17. The summed E-state index contributed by atoms with van der Waals surface area (Å²) in [5, 5.41) is 0.141. The fraction of sp³-hybridized carbons (Fsp3) is 0.316. The van der Waals surface area contributed by atoms with Gasteiger partial charge in [-0.3, -0.25) is 0 Å². The quantitative estimate of drug-likeness (QED) is 0.462. The highest BCUT2D eigenvalue weighted by Gasteiger charge is 2.46. The summed E-state index contributed by atoms with van der Waals surface area (Å²) in [6.45, 7) is 4.64. The predicted octanol–water partition coefficient (Wildman–Crippen LogP) is 6.07. The molecule has 0 radical (unpaired) electrons. The molecule has 0 fully saturated rings. The molecule has 0 heterocycles. The molecule has 0 spiro atoms. The molecular weight excluding hydrogens is 366 g/mol. The Kier molecular flexibility index (Phi) is 6.12. The number of hydrogen-bond acceptors (Lipinski definition) is 3. The molecule has 0 aromatic heterocycles. The van der Waals surface area contributed by atoms with Crippen LogP contribution < -0.4 is 0 Å². The average Bonchev–Trinajstić information content (AvgIpc) is 2.53. The van der Waals surface area contributed by atoms with Crippen molar-refractivity contribution in [3.8, 4) is 0 Å². The number of rotatable bonds is 5. The van der Waals surface area contributed by atoms with Crippen molar-refractivity contribution >= 4 is 29.3 Å². The normalized spacial score (nSPS) is 12.1. The summed E-state index contributed by atoms with van der Waals surface area (Å²) in [5.74, 6) is -4.86. The molecule has 0 unspecified atom stereocenters. The molecule has 134 valence electrons. The van der Waals surface area contributed by atoms with Gasteiger partial charge < -0.3 is 4.74 Å². The Morgan fingerprint density at radius 3 is 2.36 bits per heavy atom. The molecule has 0 atom stereocenters. The molecule has 0 N–H and O–H groups in total. The number of thioether (sulfide) groups is 1. The Hall–Kier alpha value is -1.59. The molecule has 0 bridgehead atoms. The van der Waals surface area contributed by atoms with E-state index in [1.54, 1.807) is 20.8 Å². The van der Waals surface area contributed by atoms with Crippen LogP contribution in [0, 0.1) is 0 Å².